The number of ether oxygens (including phenoxy) is 1. The van der Waals surface area contributed by atoms with Crippen LogP contribution in [0.25, 0.3) is 0 Å². The minimum Gasteiger partial charge on any atom is -0.466 e. The first kappa shape index (κ1) is 56.1. The van der Waals surface area contributed by atoms with Gasteiger partial charge in [0.2, 0.25) is 5.91 Å². The minimum atomic E-state index is -0.854. The van der Waals surface area contributed by atoms with Gasteiger partial charge in [0.05, 0.1) is 25.4 Å². The van der Waals surface area contributed by atoms with Gasteiger partial charge in [-0.1, -0.05) is 217 Å². The van der Waals surface area contributed by atoms with Gasteiger partial charge in [-0.25, -0.2) is 0 Å². The molecule has 0 fully saturated rings. The number of nitrogens with one attached hydrogen (secondary N) is 1. The molecule has 340 valence electrons. The summed E-state index contributed by atoms with van der Waals surface area (Å²) in [6.07, 6.45) is 57.1. The summed E-state index contributed by atoms with van der Waals surface area (Å²) in [5.41, 5.74) is 0. The molecule has 0 radical (unpaired) electrons. The van der Waals surface area contributed by atoms with E-state index in [0.29, 0.717) is 19.4 Å². The second kappa shape index (κ2) is 47.8. The highest BCUT2D eigenvalue weighted by atomic mass is 16.5. The largest absolute Gasteiger partial charge is 0.466 e. The molecule has 2 atom stereocenters. The number of unbranched alkanes of at least 4 members (excludes halogenated alkanes) is 31. The first-order valence-corrected chi connectivity index (χ1v) is 25.3. The average molecular weight is 816 g/mol. The summed E-state index contributed by atoms with van der Waals surface area (Å²) in [7, 11) is 0. The van der Waals surface area contributed by atoms with Gasteiger partial charge in [-0.2, -0.15) is 0 Å². The summed E-state index contributed by atoms with van der Waals surface area (Å²) in [6.45, 7) is 4.83. The van der Waals surface area contributed by atoms with Crippen LogP contribution in [0.2, 0.25) is 0 Å². The number of aliphatic hydroxyl groups is 2. The van der Waals surface area contributed by atoms with Crippen LogP contribution in [0.3, 0.4) is 0 Å². The van der Waals surface area contributed by atoms with Gasteiger partial charge < -0.3 is 20.3 Å². The Morgan fingerprint density at radius 1 is 0.483 bits per heavy atom. The molecular formula is C52H97NO5. The third-order valence-corrected chi connectivity index (χ3v) is 11.4. The molecule has 0 aliphatic heterocycles. The number of hydrogen-bond acceptors (Lipinski definition) is 5. The Balaban J connectivity index is 3.48. The second-order valence-electron chi connectivity index (χ2n) is 17.1. The molecule has 1 amide bonds. The molecule has 0 aromatic rings. The highest BCUT2D eigenvalue weighted by Gasteiger charge is 2.18. The Kier molecular flexibility index (Phi) is 46.2. The predicted octanol–water partition coefficient (Wildman–Crippen LogP) is 14.9. The van der Waals surface area contributed by atoms with Gasteiger partial charge in [-0.3, -0.25) is 9.59 Å². The summed E-state index contributed by atoms with van der Waals surface area (Å²) in [5, 5.41) is 22.9. The summed E-state index contributed by atoms with van der Waals surface area (Å²) < 4.78 is 5.46. The fourth-order valence-electron chi connectivity index (χ4n) is 7.49. The predicted molar refractivity (Wildman–Crippen MR) is 250 cm³/mol. The molecule has 58 heavy (non-hydrogen) atoms. The van der Waals surface area contributed by atoms with E-state index in [9.17, 15) is 19.8 Å². The fourth-order valence-corrected chi connectivity index (χ4v) is 7.49. The van der Waals surface area contributed by atoms with Gasteiger partial charge in [-0.15, -0.1) is 0 Å². The molecule has 0 spiro atoms. The third-order valence-electron chi connectivity index (χ3n) is 11.4. The van der Waals surface area contributed by atoms with Gasteiger partial charge in [-0.05, 0) is 64.2 Å². The van der Waals surface area contributed by atoms with E-state index >= 15 is 0 Å². The normalized spacial score (nSPS) is 13.0. The lowest BCUT2D eigenvalue weighted by Gasteiger charge is -2.20. The van der Waals surface area contributed by atoms with Crippen LogP contribution in [0.1, 0.15) is 258 Å². The second-order valence-corrected chi connectivity index (χ2v) is 17.1. The Labute approximate surface area is 360 Å². The molecular weight excluding hydrogens is 719 g/mol. The van der Waals surface area contributed by atoms with Crippen molar-refractivity contribution in [3.8, 4) is 0 Å². The molecule has 0 aromatic heterocycles. The molecule has 0 aliphatic rings. The number of amides is 1. The van der Waals surface area contributed by atoms with Crippen LogP contribution in [-0.2, 0) is 14.3 Å². The van der Waals surface area contributed by atoms with Crippen molar-refractivity contribution in [3.63, 3.8) is 0 Å². The van der Waals surface area contributed by atoms with Gasteiger partial charge >= 0.3 is 5.97 Å². The molecule has 0 rings (SSSR count). The fraction of sp³-hybridized carbons (Fsp3) is 0.846. The van der Waals surface area contributed by atoms with E-state index in [-0.39, 0.29) is 18.5 Å². The van der Waals surface area contributed by atoms with E-state index < -0.39 is 12.1 Å². The van der Waals surface area contributed by atoms with Crippen LogP contribution in [0.4, 0.5) is 0 Å². The summed E-state index contributed by atoms with van der Waals surface area (Å²) >= 11 is 0. The van der Waals surface area contributed by atoms with Crippen molar-refractivity contribution in [1.29, 1.82) is 0 Å². The van der Waals surface area contributed by atoms with Crippen LogP contribution < -0.4 is 5.32 Å². The number of carbonyl (C=O) groups excluding carboxylic acids is 2. The molecule has 0 saturated carbocycles. The Bertz CT molecular complexity index is 946. The zero-order valence-corrected chi connectivity index (χ0v) is 38.5. The van der Waals surface area contributed by atoms with Gasteiger partial charge in [0.1, 0.15) is 0 Å². The topological polar surface area (TPSA) is 95.9 Å². The minimum absolute atomic E-state index is 0.0190. The van der Waals surface area contributed by atoms with Crippen molar-refractivity contribution >= 4 is 11.9 Å². The van der Waals surface area contributed by atoms with E-state index in [0.717, 1.165) is 64.2 Å². The van der Waals surface area contributed by atoms with Crippen molar-refractivity contribution in [3.05, 3.63) is 36.5 Å². The lowest BCUT2D eigenvalue weighted by molar-refractivity contribution is -0.143. The number of esters is 1. The number of hydrogen-bond donors (Lipinski definition) is 3. The monoisotopic (exact) mass is 816 g/mol. The molecule has 3 N–H and O–H groups in total. The van der Waals surface area contributed by atoms with Crippen LogP contribution in [0, 0.1) is 0 Å². The lowest BCUT2D eigenvalue weighted by Crippen LogP contribution is -2.45. The maximum atomic E-state index is 12.4. The van der Waals surface area contributed by atoms with Crippen molar-refractivity contribution < 1.29 is 24.5 Å². The van der Waals surface area contributed by atoms with E-state index in [4.69, 9.17) is 4.74 Å². The smallest absolute Gasteiger partial charge is 0.305 e. The van der Waals surface area contributed by atoms with E-state index in [1.165, 1.54) is 167 Å². The Morgan fingerprint density at radius 2 is 0.862 bits per heavy atom. The lowest BCUT2D eigenvalue weighted by atomic mass is 10.0. The van der Waals surface area contributed by atoms with Crippen molar-refractivity contribution in [2.45, 2.75) is 270 Å². The average Bonchev–Trinajstić information content (AvgIpc) is 3.22. The Hall–Kier alpha value is -1.92. The molecule has 0 saturated heterocycles. The van der Waals surface area contributed by atoms with Crippen LogP contribution in [0.5, 0.6) is 0 Å². The molecule has 0 aromatic carbocycles. The highest BCUT2D eigenvalue weighted by molar-refractivity contribution is 5.76. The van der Waals surface area contributed by atoms with Crippen molar-refractivity contribution in [1.82, 2.24) is 5.32 Å². The van der Waals surface area contributed by atoms with Crippen LogP contribution >= 0.6 is 0 Å². The van der Waals surface area contributed by atoms with E-state index in [1.54, 1.807) is 6.08 Å². The van der Waals surface area contributed by atoms with E-state index in [1.807, 2.05) is 6.08 Å². The van der Waals surface area contributed by atoms with Crippen LogP contribution in [0.15, 0.2) is 36.5 Å². The highest BCUT2D eigenvalue weighted by Crippen LogP contribution is 2.15. The summed E-state index contributed by atoms with van der Waals surface area (Å²) in [6, 6.07) is -0.639. The maximum Gasteiger partial charge on any atom is 0.305 e. The Morgan fingerprint density at radius 3 is 1.33 bits per heavy atom. The van der Waals surface area contributed by atoms with Crippen LogP contribution in [-0.4, -0.2) is 47.4 Å². The number of aliphatic hydroxyl groups excluding tert-OH is 2. The van der Waals surface area contributed by atoms with Crippen molar-refractivity contribution in [2.75, 3.05) is 13.2 Å². The quantitative estimate of drug-likeness (QED) is 0.0323. The molecule has 6 heteroatoms. The summed E-state index contributed by atoms with van der Waals surface area (Å²) in [5.74, 6) is -0.105. The van der Waals surface area contributed by atoms with Gasteiger partial charge in [0.25, 0.3) is 0 Å². The van der Waals surface area contributed by atoms with Crippen molar-refractivity contribution in [2.24, 2.45) is 0 Å². The third kappa shape index (κ3) is 43.7. The number of rotatable bonds is 46. The zero-order chi connectivity index (χ0) is 42.3. The number of allylic oxidation sites excluding steroid dienone is 5. The zero-order valence-electron chi connectivity index (χ0n) is 38.5. The van der Waals surface area contributed by atoms with Gasteiger partial charge in [0.15, 0.2) is 0 Å². The number of carbonyl (C=O) groups is 2. The summed E-state index contributed by atoms with van der Waals surface area (Å²) in [4.78, 5) is 24.4. The van der Waals surface area contributed by atoms with E-state index in [2.05, 4.69) is 43.5 Å². The molecule has 6 nitrogen and oxygen atoms in total. The molecule has 0 heterocycles. The first-order valence-electron chi connectivity index (χ1n) is 25.3. The standard InChI is InChI=1S/C52H97NO5/c1-3-5-7-9-11-13-15-16-17-18-19-20-21-26-30-34-38-42-46-52(57)58-47-43-39-35-31-27-23-22-25-29-33-37-41-45-51(56)53-49(48-54)50(55)44-40-36-32-28-24-14-12-10-8-6-4-2/h13,15,17-18,40,44,49-50,54-55H,3-12,14,16,19-39,41-43,45-48H2,1-2H3,(H,53,56)/b15-13-,18-17-,44-40+. The maximum absolute atomic E-state index is 12.4. The molecule has 0 aliphatic carbocycles. The van der Waals surface area contributed by atoms with Gasteiger partial charge in [0, 0.05) is 12.8 Å². The molecule has 2 unspecified atom stereocenters. The molecule has 0 bridgehead atoms. The SMILES string of the molecule is CCCCCC/C=C\C/C=C\CCCCCCCCCC(=O)OCCCCCCCCCCCCCCC(=O)NC(CO)C(O)/C=C/CCCCCCCCCCC. The first-order chi connectivity index (χ1) is 28.5.